The van der Waals surface area contributed by atoms with Gasteiger partial charge in [0.25, 0.3) is 0 Å². The SMILES string of the molecule is C[C@]12C=C[C@H]([C@H]3[C@@H]1C=C(Cl)S3=O)S2=O. The molecule has 76 valence electrons. The van der Waals surface area contributed by atoms with E-state index in [1.807, 2.05) is 25.2 Å². The molecule has 1 saturated heterocycles. The van der Waals surface area contributed by atoms with Crippen LogP contribution in [0.3, 0.4) is 0 Å². The molecule has 2 unspecified atom stereocenters. The second-order valence-electron chi connectivity index (χ2n) is 4.06. The summed E-state index contributed by atoms with van der Waals surface area (Å²) in [5, 5.41) is -0.100. The Morgan fingerprint density at radius 1 is 1.50 bits per heavy atom. The maximum atomic E-state index is 12.0. The first-order valence-corrected chi connectivity index (χ1v) is 7.24. The molecular formula is C9H9ClO2S2. The molecule has 0 radical (unpaired) electrons. The topological polar surface area (TPSA) is 34.1 Å². The Morgan fingerprint density at radius 3 is 2.86 bits per heavy atom. The quantitative estimate of drug-likeness (QED) is 0.605. The van der Waals surface area contributed by atoms with E-state index in [1.54, 1.807) is 0 Å². The Labute approximate surface area is 92.3 Å². The summed E-state index contributed by atoms with van der Waals surface area (Å²) < 4.78 is 23.9. The first-order valence-electron chi connectivity index (χ1n) is 4.43. The number of rotatable bonds is 0. The van der Waals surface area contributed by atoms with Gasteiger partial charge in [0.1, 0.15) is 4.36 Å². The van der Waals surface area contributed by atoms with Gasteiger partial charge in [-0.1, -0.05) is 29.8 Å². The molecule has 0 aromatic carbocycles. The van der Waals surface area contributed by atoms with Crippen LogP contribution < -0.4 is 0 Å². The van der Waals surface area contributed by atoms with E-state index in [-0.39, 0.29) is 21.2 Å². The van der Waals surface area contributed by atoms with Crippen molar-refractivity contribution in [2.24, 2.45) is 5.92 Å². The van der Waals surface area contributed by atoms with E-state index in [4.69, 9.17) is 11.6 Å². The van der Waals surface area contributed by atoms with Crippen LogP contribution in [0.4, 0.5) is 0 Å². The van der Waals surface area contributed by atoms with Gasteiger partial charge in [-0.05, 0) is 6.92 Å². The van der Waals surface area contributed by atoms with Crippen molar-refractivity contribution in [3.05, 3.63) is 22.6 Å². The summed E-state index contributed by atoms with van der Waals surface area (Å²) in [6.07, 6.45) is 5.78. The lowest BCUT2D eigenvalue weighted by atomic mass is 9.85. The Bertz CT molecular complexity index is 429. The molecule has 3 aliphatic heterocycles. The molecule has 3 aliphatic rings. The zero-order valence-electron chi connectivity index (χ0n) is 7.48. The van der Waals surface area contributed by atoms with Gasteiger partial charge in [-0.15, -0.1) is 0 Å². The third-order valence-electron chi connectivity index (χ3n) is 3.39. The number of allylic oxidation sites excluding steroid dienone is 1. The summed E-state index contributed by atoms with van der Waals surface area (Å²) in [6, 6.07) is 0. The van der Waals surface area contributed by atoms with E-state index >= 15 is 0 Å². The molecule has 5 heteroatoms. The first-order chi connectivity index (χ1) is 6.55. The van der Waals surface area contributed by atoms with Crippen molar-refractivity contribution in [3.8, 4) is 0 Å². The molecule has 14 heavy (non-hydrogen) atoms. The van der Waals surface area contributed by atoms with Crippen molar-refractivity contribution in [1.82, 2.24) is 0 Å². The molecule has 0 aliphatic carbocycles. The van der Waals surface area contributed by atoms with Crippen molar-refractivity contribution in [2.45, 2.75) is 22.2 Å². The molecule has 0 spiro atoms. The number of hydrogen-bond acceptors (Lipinski definition) is 2. The molecule has 1 fully saturated rings. The minimum absolute atomic E-state index is 0.0432. The van der Waals surface area contributed by atoms with Gasteiger partial charge in [0.05, 0.1) is 26.0 Å². The van der Waals surface area contributed by atoms with Gasteiger partial charge in [-0.25, -0.2) is 0 Å². The lowest BCUT2D eigenvalue weighted by Crippen LogP contribution is -2.33. The average molecular weight is 249 g/mol. The van der Waals surface area contributed by atoms with Gasteiger partial charge in [-0.2, -0.15) is 0 Å². The van der Waals surface area contributed by atoms with Gasteiger partial charge in [-0.3, -0.25) is 8.42 Å². The maximum Gasteiger partial charge on any atom is 0.101 e. The van der Waals surface area contributed by atoms with Crippen LogP contribution >= 0.6 is 11.6 Å². The van der Waals surface area contributed by atoms with Crippen LogP contribution in [-0.4, -0.2) is 23.7 Å². The molecule has 0 amide bonds. The van der Waals surface area contributed by atoms with E-state index in [2.05, 4.69) is 0 Å². The number of hydrogen-bond donors (Lipinski definition) is 0. The monoisotopic (exact) mass is 248 g/mol. The van der Waals surface area contributed by atoms with Crippen molar-refractivity contribution in [3.63, 3.8) is 0 Å². The van der Waals surface area contributed by atoms with Crippen LogP contribution in [-0.2, 0) is 21.6 Å². The molecule has 0 aromatic rings. The highest BCUT2D eigenvalue weighted by atomic mass is 35.5. The third-order valence-corrected chi connectivity index (χ3v) is 7.96. The van der Waals surface area contributed by atoms with Crippen LogP contribution in [0.2, 0.25) is 0 Å². The second kappa shape index (κ2) is 2.60. The molecule has 0 aromatic heterocycles. The summed E-state index contributed by atoms with van der Waals surface area (Å²) in [7, 11) is -2.06. The fourth-order valence-corrected chi connectivity index (χ4v) is 7.13. The highest BCUT2D eigenvalue weighted by molar-refractivity contribution is 7.95. The van der Waals surface area contributed by atoms with Gasteiger partial charge >= 0.3 is 0 Å². The Balaban J connectivity index is 2.18. The summed E-state index contributed by atoms with van der Waals surface area (Å²) in [5.41, 5.74) is 0. The molecule has 3 heterocycles. The maximum absolute atomic E-state index is 12.0. The lowest BCUT2D eigenvalue weighted by Gasteiger charge is -2.23. The highest BCUT2D eigenvalue weighted by Gasteiger charge is 2.62. The number of fused-ring (bicyclic) bond motifs is 5. The molecule has 2 bridgehead atoms. The zero-order chi connectivity index (χ0) is 10.1. The highest BCUT2D eigenvalue weighted by Crippen LogP contribution is 2.53. The summed E-state index contributed by atoms with van der Waals surface area (Å²) in [5.74, 6) is 0.103. The van der Waals surface area contributed by atoms with E-state index < -0.39 is 21.6 Å². The zero-order valence-corrected chi connectivity index (χ0v) is 9.86. The van der Waals surface area contributed by atoms with Crippen molar-refractivity contribution in [2.75, 3.05) is 0 Å². The fourth-order valence-electron chi connectivity index (χ4n) is 2.58. The molecule has 2 nitrogen and oxygen atoms in total. The van der Waals surface area contributed by atoms with Crippen molar-refractivity contribution >= 4 is 33.2 Å². The standard InChI is InChI=1S/C9H9ClO2S2/c1-9-3-2-6(14(9)12)8-5(9)4-7(10)13(8)11/h2-6,8H,1H3/t5-,6+,8+,9-,13?,14?/m0/s1. The van der Waals surface area contributed by atoms with Crippen LogP contribution in [0.25, 0.3) is 0 Å². The third kappa shape index (κ3) is 0.836. The Morgan fingerprint density at radius 2 is 2.21 bits per heavy atom. The van der Waals surface area contributed by atoms with E-state index in [0.29, 0.717) is 4.36 Å². The summed E-state index contributed by atoms with van der Waals surface area (Å²) in [6.45, 7) is 1.97. The number of halogens is 1. The van der Waals surface area contributed by atoms with Crippen LogP contribution in [0.5, 0.6) is 0 Å². The largest absolute Gasteiger partial charge is 0.258 e. The predicted octanol–water partition coefficient (Wildman–Crippen LogP) is 1.27. The lowest BCUT2D eigenvalue weighted by molar-refractivity contribution is 0.545. The van der Waals surface area contributed by atoms with Crippen molar-refractivity contribution in [1.29, 1.82) is 0 Å². The molecule has 0 saturated carbocycles. The minimum atomic E-state index is -1.14. The summed E-state index contributed by atoms with van der Waals surface area (Å²) in [4.78, 5) is 0. The van der Waals surface area contributed by atoms with Crippen LogP contribution in [0, 0.1) is 5.92 Å². The van der Waals surface area contributed by atoms with Gasteiger partial charge in [0, 0.05) is 16.7 Å². The summed E-state index contributed by atoms with van der Waals surface area (Å²) >= 11 is 5.87. The molecular weight excluding hydrogens is 240 g/mol. The van der Waals surface area contributed by atoms with E-state index in [0.717, 1.165) is 0 Å². The van der Waals surface area contributed by atoms with Gasteiger partial charge in [0.15, 0.2) is 0 Å². The fraction of sp³-hybridized carbons (Fsp3) is 0.556. The van der Waals surface area contributed by atoms with Crippen molar-refractivity contribution < 1.29 is 8.42 Å². The second-order valence-corrected chi connectivity index (χ2v) is 8.29. The Hall–Kier alpha value is 0.0700. The van der Waals surface area contributed by atoms with Crippen LogP contribution in [0.1, 0.15) is 6.92 Å². The predicted molar refractivity (Wildman–Crippen MR) is 58.8 cm³/mol. The minimum Gasteiger partial charge on any atom is -0.258 e. The smallest absolute Gasteiger partial charge is 0.101 e. The van der Waals surface area contributed by atoms with Gasteiger partial charge in [0.2, 0.25) is 0 Å². The Kier molecular flexibility index (Phi) is 1.73. The first kappa shape index (κ1) is 9.31. The molecule has 0 N–H and O–H groups in total. The normalized spacial score (nSPS) is 59.0. The molecule has 3 rings (SSSR count). The average Bonchev–Trinajstić information content (AvgIpc) is 2.65. The van der Waals surface area contributed by atoms with Gasteiger partial charge < -0.3 is 0 Å². The van der Waals surface area contributed by atoms with E-state index in [9.17, 15) is 8.42 Å². The van der Waals surface area contributed by atoms with E-state index in [1.165, 1.54) is 0 Å². The molecule has 6 atom stereocenters. The van der Waals surface area contributed by atoms with Crippen LogP contribution in [0.15, 0.2) is 22.6 Å².